The van der Waals surface area contributed by atoms with Crippen molar-refractivity contribution in [3.8, 4) is 5.75 Å². The lowest BCUT2D eigenvalue weighted by atomic mass is 9.99. The average Bonchev–Trinajstić information content (AvgIpc) is 3.33. The van der Waals surface area contributed by atoms with E-state index in [1.165, 1.54) is 27.0 Å². The highest BCUT2D eigenvalue weighted by atomic mass is 32.2. The van der Waals surface area contributed by atoms with E-state index in [2.05, 4.69) is 10.3 Å². The summed E-state index contributed by atoms with van der Waals surface area (Å²) in [6.07, 6.45) is 1.30. The van der Waals surface area contributed by atoms with Crippen LogP contribution in [-0.2, 0) is 14.8 Å². The van der Waals surface area contributed by atoms with Gasteiger partial charge >= 0.3 is 0 Å². The number of para-hydroxylation sites is 1. The fourth-order valence-corrected chi connectivity index (χ4v) is 7.25. The van der Waals surface area contributed by atoms with Crippen LogP contribution in [0.5, 0.6) is 5.75 Å². The molecule has 1 aliphatic heterocycles. The minimum absolute atomic E-state index is 0.180. The first kappa shape index (κ1) is 20.3. The van der Waals surface area contributed by atoms with E-state index in [9.17, 15) is 13.2 Å². The third-order valence-corrected chi connectivity index (χ3v) is 9.17. The fraction of sp³-hybridized carbons (Fsp3) is 0.368. The average molecular weight is 452 g/mol. The summed E-state index contributed by atoms with van der Waals surface area (Å²) in [5.41, 5.74) is 0.705. The number of thiazole rings is 1. The first-order valence-electron chi connectivity index (χ1n) is 9.19. The first-order valence-corrected chi connectivity index (χ1v) is 12.3. The first-order chi connectivity index (χ1) is 13.9. The van der Waals surface area contributed by atoms with Crippen molar-refractivity contribution < 1.29 is 17.9 Å². The number of hydrogen-bond acceptors (Lipinski definition) is 7. The number of anilines is 1. The van der Waals surface area contributed by atoms with Gasteiger partial charge in [0.25, 0.3) is 10.0 Å². The van der Waals surface area contributed by atoms with Crippen LogP contribution in [0.15, 0.2) is 34.5 Å². The number of methoxy groups -OCH3 is 1. The van der Waals surface area contributed by atoms with Gasteiger partial charge in [0, 0.05) is 18.0 Å². The molecule has 0 saturated carbocycles. The maximum absolute atomic E-state index is 12.9. The van der Waals surface area contributed by atoms with E-state index in [-0.39, 0.29) is 12.5 Å². The van der Waals surface area contributed by atoms with E-state index in [4.69, 9.17) is 4.74 Å². The van der Waals surface area contributed by atoms with Crippen molar-refractivity contribution >= 4 is 54.0 Å². The van der Waals surface area contributed by atoms with Gasteiger partial charge in [-0.05, 0) is 44.0 Å². The highest BCUT2D eigenvalue weighted by Crippen LogP contribution is 2.33. The summed E-state index contributed by atoms with van der Waals surface area (Å²) in [6, 6.07) is 9.05. The maximum Gasteiger partial charge on any atom is 0.252 e. The number of rotatable bonds is 5. The van der Waals surface area contributed by atoms with Crippen molar-refractivity contribution in [1.29, 1.82) is 0 Å². The molecule has 1 fully saturated rings. The molecule has 1 N–H and O–H groups in total. The van der Waals surface area contributed by atoms with Gasteiger partial charge in [0.05, 0.1) is 17.7 Å². The lowest BCUT2D eigenvalue weighted by Crippen LogP contribution is -2.43. The smallest absolute Gasteiger partial charge is 0.252 e. The zero-order valence-electron chi connectivity index (χ0n) is 16.0. The van der Waals surface area contributed by atoms with Crippen LogP contribution in [0.3, 0.4) is 0 Å². The SMILES string of the molecule is COc1cccc2sc(NC(=O)C3CCCN(S(=O)(=O)c4ccc(C)s4)C3)nc12. The molecule has 1 unspecified atom stereocenters. The molecule has 1 amide bonds. The summed E-state index contributed by atoms with van der Waals surface area (Å²) in [6.45, 7) is 2.49. The van der Waals surface area contributed by atoms with Gasteiger partial charge in [-0.2, -0.15) is 4.31 Å². The molecule has 10 heteroatoms. The second-order valence-electron chi connectivity index (χ2n) is 6.88. The molecule has 0 bridgehead atoms. The maximum atomic E-state index is 12.9. The molecule has 4 rings (SSSR count). The van der Waals surface area contributed by atoms with Gasteiger partial charge in [0.2, 0.25) is 5.91 Å². The number of amides is 1. The number of fused-ring (bicyclic) bond motifs is 1. The molecule has 1 atom stereocenters. The van der Waals surface area contributed by atoms with Crippen LogP contribution < -0.4 is 10.1 Å². The van der Waals surface area contributed by atoms with Crippen LogP contribution in [0.4, 0.5) is 5.13 Å². The van der Waals surface area contributed by atoms with Gasteiger partial charge in [-0.25, -0.2) is 13.4 Å². The topological polar surface area (TPSA) is 88.6 Å². The molecule has 0 radical (unpaired) electrons. The molecule has 1 aliphatic rings. The summed E-state index contributed by atoms with van der Waals surface area (Å²) in [7, 11) is -1.99. The standard InChI is InChI=1S/C19H21N3O4S3/c1-12-8-9-16(27-12)29(24,25)22-10-4-5-13(11-22)18(23)21-19-20-17-14(26-2)6-3-7-15(17)28-19/h3,6-9,13H,4-5,10-11H2,1-2H3,(H,20,21,23). The number of ether oxygens (including phenoxy) is 1. The highest BCUT2D eigenvalue weighted by Gasteiger charge is 2.34. The number of nitrogens with one attached hydrogen (secondary N) is 1. The Morgan fingerprint density at radius 3 is 2.83 bits per heavy atom. The Morgan fingerprint density at radius 2 is 2.10 bits per heavy atom. The van der Waals surface area contributed by atoms with E-state index in [1.807, 2.05) is 25.1 Å². The number of carbonyl (C=O) groups excluding carboxylic acids is 1. The van der Waals surface area contributed by atoms with Gasteiger partial charge < -0.3 is 10.1 Å². The van der Waals surface area contributed by atoms with Crippen molar-refractivity contribution in [3.63, 3.8) is 0 Å². The van der Waals surface area contributed by atoms with Crippen LogP contribution in [-0.4, -0.2) is 43.8 Å². The van der Waals surface area contributed by atoms with E-state index < -0.39 is 15.9 Å². The Labute approximate surface area is 177 Å². The summed E-state index contributed by atoms with van der Waals surface area (Å²) in [5.74, 6) is 0.0409. The van der Waals surface area contributed by atoms with Crippen LogP contribution in [0.25, 0.3) is 10.2 Å². The van der Waals surface area contributed by atoms with Crippen molar-refractivity contribution in [2.75, 3.05) is 25.5 Å². The number of aryl methyl sites for hydroxylation is 1. The summed E-state index contributed by atoms with van der Waals surface area (Å²) >= 11 is 2.63. The third kappa shape index (κ3) is 4.02. The molecule has 1 saturated heterocycles. The normalized spacial score (nSPS) is 18.1. The van der Waals surface area contributed by atoms with Crippen LogP contribution >= 0.6 is 22.7 Å². The van der Waals surface area contributed by atoms with Gasteiger partial charge in [-0.15, -0.1) is 11.3 Å². The fourth-order valence-electron chi connectivity index (χ4n) is 3.40. The van der Waals surface area contributed by atoms with Crippen molar-refractivity contribution in [2.24, 2.45) is 5.92 Å². The zero-order valence-corrected chi connectivity index (χ0v) is 18.5. The van der Waals surface area contributed by atoms with Crippen LogP contribution in [0.1, 0.15) is 17.7 Å². The number of piperidine rings is 1. The van der Waals surface area contributed by atoms with Crippen molar-refractivity contribution in [1.82, 2.24) is 9.29 Å². The van der Waals surface area contributed by atoms with Gasteiger partial charge in [-0.1, -0.05) is 17.4 Å². The summed E-state index contributed by atoms with van der Waals surface area (Å²) in [4.78, 5) is 18.2. The van der Waals surface area contributed by atoms with Crippen LogP contribution in [0.2, 0.25) is 0 Å². The summed E-state index contributed by atoms with van der Waals surface area (Å²) < 4.78 is 33.8. The van der Waals surface area contributed by atoms with E-state index in [0.29, 0.717) is 40.0 Å². The molecule has 0 spiro atoms. The van der Waals surface area contributed by atoms with Crippen molar-refractivity contribution in [3.05, 3.63) is 35.2 Å². The van der Waals surface area contributed by atoms with E-state index in [0.717, 1.165) is 9.58 Å². The Balaban J connectivity index is 1.49. The molecule has 3 heterocycles. The monoisotopic (exact) mass is 451 g/mol. The lowest BCUT2D eigenvalue weighted by molar-refractivity contribution is -0.120. The second kappa shape index (κ2) is 8.02. The molecule has 29 heavy (non-hydrogen) atoms. The number of thiophene rings is 1. The Kier molecular flexibility index (Phi) is 5.60. The quantitative estimate of drug-likeness (QED) is 0.639. The Bertz CT molecular complexity index is 1150. The Morgan fingerprint density at radius 1 is 1.28 bits per heavy atom. The number of sulfonamides is 1. The minimum atomic E-state index is -3.57. The molecule has 7 nitrogen and oxygen atoms in total. The second-order valence-corrected chi connectivity index (χ2v) is 11.4. The number of aromatic nitrogens is 1. The zero-order chi connectivity index (χ0) is 20.6. The third-order valence-electron chi connectivity index (χ3n) is 4.90. The number of nitrogens with zero attached hydrogens (tertiary/aromatic N) is 2. The van der Waals surface area contributed by atoms with E-state index in [1.54, 1.807) is 19.2 Å². The minimum Gasteiger partial charge on any atom is -0.494 e. The predicted molar refractivity (Wildman–Crippen MR) is 115 cm³/mol. The predicted octanol–water partition coefficient (Wildman–Crippen LogP) is 3.71. The molecular formula is C19H21N3O4S3. The lowest BCUT2D eigenvalue weighted by Gasteiger charge is -2.30. The molecule has 2 aromatic heterocycles. The highest BCUT2D eigenvalue weighted by molar-refractivity contribution is 7.91. The molecule has 154 valence electrons. The number of carbonyl (C=O) groups is 1. The van der Waals surface area contributed by atoms with Gasteiger partial charge in [-0.3, -0.25) is 4.79 Å². The van der Waals surface area contributed by atoms with Gasteiger partial charge in [0.1, 0.15) is 15.5 Å². The van der Waals surface area contributed by atoms with Crippen molar-refractivity contribution in [2.45, 2.75) is 24.0 Å². The molecule has 1 aromatic carbocycles. The molecular weight excluding hydrogens is 430 g/mol. The molecule has 3 aromatic rings. The number of hydrogen-bond donors (Lipinski definition) is 1. The molecule has 0 aliphatic carbocycles. The number of benzene rings is 1. The largest absolute Gasteiger partial charge is 0.494 e. The Hall–Kier alpha value is -2.01. The van der Waals surface area contributed by atoms with Crippen LogP contribution in [0, 0.1) is 12.8 Å². The van der Waals surface area contributed by atoms with E-state index >= 15 is 0 Å². The summed E-state index contributed by atoms with van der Waals surface area (Å²) in [5, 5.41) is 3.35. The van der Waals surface area contributed by atoms with Gasteiger partial charge in [0.15, 0.2) is 5.13 Å².